The van der Waals surface area contributed by atoms with Crippen LogP contribution in [-0.4, -0.2) is 26.8 Å². The fourth-order valence-electron chi connectivity index (χ4n) is 1.75. The molecule has 6 nitrogen and oxygen atoms in total. The van der Waals surface area contributed by atoms with E-state index in [0.29, 0.717) is 16.9 Å². The molecule has 0 aliphatic rings. The molecule has 0 unspecified atom stereocenters. The highest BCUT2D eigenvalue weighted by atomic mass is 16.4. The number of carboxylic acid groups (broad SMARTS) is 1. The van der Waals surface area contributed by atoms with E-state index in [2.05, 4.69) is 10.4 Å². The molecule has 1 aromatic heterocycles. The third-order valence-corrected chi connectivity index (χ3v) is 2.63. The number of anilines is 1. The maximum Gasteiger partial charge on any atom is 0.335 e. The number of aryl methyl sites for hydroxylation is 2. The van der Waals surface area contributed by atoms with Gasteiger partial charge in [0.05, 0.1) is 16.8 Å². The third kappa shape index (κ3) is 2.79. The van der Waals surface area contributed by atoms with Crippen LogP contribution in [-0.2, 0) is 7.05 Å². The smallest absolute Gasteiger partial charge is 0.335 e. The summed E-state index contributed by atoms with van der Waals surface area (Å²) < 4.78 is 1.55. The molecule has 0 atom stereocenters. The van der Waals surface area contributed by atoms with Crippen LogP contribution < -0.4 is 5.32 Å². The largest absolute Gasteiger partial charge is 0.478 e. The second-order valence-corrected chi connectivity index (χ2v) is 4.14. The number of carbonyl (C=O) groups excluding carboxylic acids is 1. The van der Waals surface area contributed by atoms with Crippen molar-refractivity contribution in [2.45, 2.75) is 6.92 Å². The Kier molecular flexibility index (Phi) is 3.33. The molecule has 2 aromatic rings. The van der Waals surface area contributed by atoms with E-state index in [1.165, 1.54) is 12.1 Å². The minimum atomic E-state index is -1.03. The van der Waals surface area contributed by atoms with Gasteiger partial charge >= 0.3 is 5.97 Å². The first-order valence-electron chi connectivity index (χ1n) is 5.62. The summed E-state index contributed by atoms with van der Waals surface area (Å²) in [4.78, 5) is 22.9. The predicted octanol–water partition coefficient (Wildman–Crippen LogP) is 1.68. The van der Waals surface area contributed by atoms with E-state index in [0.717, 1.165) is 0 Å². The highest BCUT2D eigenvalue weighted by molar-refractivity contribution is 6.05. The molecule has 0 saturated heterocycles. The van der Waals surface area contributed by atoms with Gasteiger partial charge in [-0.15, -0.1) is 0 Å². The van der Waals surface area contributed by atoms with Crippen LogP contribution in [0.5, 0.6) is 0 Å². The molecular weight excluding hydrogens is 246 g/mol. The van der Waals surface area contributed by atoms with E-state index >= 15 is 0 Å². The molecule has 0 aliphatic carbocycles. The summed E-state index contributed by atoms with van der Waals surface area (Å²) >= 11 is 0. The lowest BCUT2D eigenvalue weighted by Gasteiger charge is -2.05. The number of benzene rings is 1. The molecule has 0 bridgehead atoms. The van der Waals surface area contributed by atoms with Gasteiger partial charge in [0.1, 0.15) is 0 Å². The first-order valence-corrected chi connectivity index (χ1v) is 5.62. The fourth-order valence-corrected chi connectivity index (χ4v) is 1.75. The summed E-state index contributed by atoms with van der Waals surface area (Å²) in [5.74, 6) is -1.35. The lowest BCUT2D eigenvalue weighted by atomic mass is 10.2. The molecular formula is C13H13N3O3. The number of aromatic nitrogens is 2. The van der Waals surface area contributed by atoms with Crippen molar-refractivity contribution in [1.29, 1.82) is 0 Å². The zero-order valence-electron chi connectivity index (χ0n) is 10.5. The first-order chi connectivity index (χ1) is 8.97. The molecule has 6 heteroatoms. The van der Waals surface area contributed by atoms with Gasteiger partial charge in [-0.3, -0.25) is 9.48 Å². The van der Waals surface area contributed by atoms with Crippen molar-refractivity contribution in [3.8, 4) is 0 Å². The lowest BCUT2D eigenvalue weighted by molar-refractivity contribution is 0.0696. The molecule has 2 N–H and O–H groups in total. The summed E-state index contributed by atoms with van der Waals surface area (Å²) in [6.07, 6.45) is 1.62. The molecule has 0 fully saturated rings. The average Bonchev–Trinajstić information content (AvgIpc) is 2.69. The van der Waals surface area contributed by atoms with E-state index in [9.17, 15) is 9.59 Å². The SMILES string of the molecule is Cc1nn(C)cc1C(=O)Nc1cccc(C(=O)O)c1. The van der Waals surface area contributed by atoms with Gasteiger partial charge in [-0.2, -0.15) is 5.10 Å². The summed E-state index contributed by atoms with van der Waals surface area (Å²) in [5.41, 5.74) is 1.64. The topological polar surface area (TPSA) is 84.2 Å². The Morgan fingerprint density at radius 3 is 2.68 bits per heavy atom. The van der Waals surface area contributed by atoms with E-state index in [1.54, 1.807) is 37.0 Å². The van der Waals surface area contributed by atoms with Crippen LogP contribution in [0.4, 0.5) is 5.69 Å². The lowest BCUT2D eigenvalue weighted by Crippen LogP contribution is -2.12. The fraction of sp³-hybridized carbons (Fsp3) is 0.154. The minimum absolute atomic E-state index is 0.126. The number of rotatable bonds is 3. The normalized spacial score (nSPS) is 10.2. The Bertz CT molecular complexity index is 646. The molecule has 1 heterocycles. The first kappa shape index (κ1) is 12.8. The maximum absolute atomic E-state index is 12.0. The highest BCUT2D eigenvalue weighted by Gasteiger charge is 2.13. The van der Waals surface area contributed by atoms with Gasteiger partial charge in [0.2, 0.25) is 0 Å². The number of aromatic carboxylic acids is 1. The average molecular weight is 259 g/mol. The van der Waals surface area contributed by atoms with E-state index in [-0.39, 0.29) is 11.5 Å². The zero-order chi connectivity index (χ0) is 14.0. The van der Waals surface area contributed by atoms with Gasteiger partial charge in [-0.1, -0.05) is 6.07 Å². The van der Waals surface area contributed by atoms with Crippen molar-refractivity contribution in [1.82, 2.24) is 9.78 Å². The molecule has 0 radical (unpaired) electrons. The molecule has 1 amide bonds. The van der Waals surface area contributed by atoms with Crippen LogP contribution in [0.2, 0.25) is 0 Å². The van der Waals surface area contributed by atoms with Crippen LogP contribution in [0.3, 0.4) is 0 Å². The molecule has 0 spiro atoms. The quantitative estimate of drug-likeness (QED) is 0.878. The monoisotopic (exact) mass is 259 g/mol. The van der Waals surface area contributed by atoms with Crippen molar-refractivity contribution >= 4 is 17.6 Å². The number of nitrogens with one attached hydrogen (secondary N) is 1. The van der Waals surface area contributed by atoms with Gasteiger partial charge in [-0.05, 0) is 25.1 Å². The van der Waals surface area contributed by atoms with Gasteiger partial charge in [-0.25, -0.2) is 4.79 Å². The summed E-state index contributed by atoms with van der Waals surface area (Å²) in [6.45, 7) is 1.74. The van der Waals surface area contributed by atoms with Crippen LogP contribution in [0.25, 0.3) is 0 Å². The van der Waals surface area contributed by atoms with Crippen molar-refractivity contribution in [3.63, 3.8) is 0 Å². The number of carboxylic acids is 1. The van der Waals surface area contributed by atoms with Crippen molar-refractivity contribution in [2.75, 3.05) is 5.32 Å². The standard InChI is InChI=1S/C13H13N3O3/c1-8-11(7-16(2)15-8)12(17)14-10-5-3-4-9(6-10)13(18)19/h3-7H,1-2H3,(H,14,17)(H,18,19). The van der Waals surface area contributed by atoms with Crippen LogP contribution in [0.15, 0.2) is 30.5 Å². The number of hydrogen-bond donors (Lipinski definition) is 2. The number of nitrogens with zero attached hydrogens (tertiary/aromatic N) is 2. The molecule has 98 valence electrons. The predicted molar refractivity (Wildman–Crippen MR) is 69.3 cm³/mol. The summed E-state index contributed by atoms with van der Waals surface area (Å²) in [7, 11) is 1.73. The molecule has 0 saturated carbocycles. The minimum Gasteiger partial charge on any atom is -0.478 e. The number of amides is 1. The second kappa shape index (κ2) is 4.93. The molecule has 0 aliphatic heterocycles. The van der Waals surface area contributed by atoms with Crippen LogP contribution >= 0.6 is 0 Å². The van der Waals surface area contributed by atoms with Crippen molar-refractivity contribution in [3.05, 3.63) is 47.3 Å². The zero-order valence-corrected chi connectivity index (χ0v) is 10.5. The summed E-state index contributed by atoms with van der Waals surface area (Å²) in [6, 6.07) is 6.09. The van der Waals surface area contributed by atoms with E-state index < -0.39 is 5.97 Å². The van der Waals surface area contributed by atoms with Gasteiger partial charge in [0.15, 0.2) is 0 Å². The second-order valence-electron chi connectivity index (χ2n) is 4.14. The Hall–Kier alpha value is -2.63. The van der Waals surface area contributed by atoms with E-state index in [4.69, 9.17) is 5.11 Å². The number of hydrogen-bond acceptors (Lipinski definition) is 3. The number of carbonyl (C=O) groups is 2. The van der Waals surface area contributed by atoms with Crippen LogP contribution in [0.1, 0.15) is 26.4 Å². The van der Waals surface area contributed by atoms with Gasteiger partial charge in [0, 0.05) is 18.9 Å². The van der Waals surface area contributed by atoms with E-state index in [1.807, 2.05) is 0 Å². The highest BCUT2D eigenvalue weighted by Crippen LogP contribution is 2.13. The van der Waals surface area contributed by atoms with Gasteiger partial charge < -0.3 is 10.4 Å². The van der Waals surface area contributed by atoms with Crippen molar-refractivity contribution in [2.24, 2.45) is 7.05 Å². The third-order valence-electron chi connectivity index (χ3n) is 2.63. The Morgan fingerprint density at radius 1 is 1.37 bits per heavy atom. The Morgan fingerprint density at radius 2 is 2.11 bits per heavy atom. The Balaban J connectivity index is 2.21. The maximum atomic E-state index is 12.0. The molecule has 1 aromatic carbocycles. The Labute approximate surface area is 109 Å². The van der Waals surface area contributed by atoms with Gasteiger partial charge in [0.25, 0.3) is 5.91 Å². The molecule has 2 rings (SSSR count). The molecule has 19 heavy (non-hydrogen) atoms. The van der Waals surface area contributed by atoms with Crippen LogP contribution in [0, 0.1) is 6.92 Å². The van der Waals surface area contributed by atoms with Crippen molar-refractivity contribution < 1.29 is 14.7 Å². The summed E-state index contributed by atoms with van der Waals surface area (Å²) in [5, 5.41) is 15.6.